The second kappa shape index (κ2) is 6.38. The molecule has 0 spiro atoms. The first-order chi connectivity index (χ1) is 8.86. The van der Waals surface area contributed by atoms with E-state index >= 15 is 0 Å². The van der Waals surface area contributed by atoms with Gasteiger partial charge >= 0.3 is 0 Å². The third-order valence-electron chi connectivity index (χ3n) is 3.28. The molecule has 110 valence electrons. The Morgan fingerprint density at radius 1 is 1.47 bits per heavy atom. The van der Waals surface area contributed by atoms with Crippen molar-refractivity contribution in [3.05, 3.63) is 6.33 Å². The Balaban J connectivity index is 3.19. The Hall–Kier alpha value is -1.08. The highest BCUT2D eigenvalue weighted by Gasteiger charge is 2.32. The number of nitrogen functional groups attached to an aromatic ring is 1. The van der Waals surface area contributed by atoms with Crippen molar-refractivity contribution in [1.82, 2.24) is 13.9 Å². The van der Waals surface area contributed by atoms with Crippen LogP contribution < -0.4 is 5.73 Å². The van der Waals surface area contributed by atoms with Gasteiger partial charge in [-0.05, 0) is 19.8 Å². The predicted octanol–water partition coefficient (Wildman–Crippen LogP) is 1.59. The number of nitrogens with two attached hydrogens (primary N) is 1. The number of hydrogen-bond acceptors (Lipinski definition) is 4. The van der Waals surface area contributed by atoms with Crippen LogP contribution in [0.4, 0.5) is 5.82 Å². The van der Waals surface area contributed by atoms with Gasteiger partial charge in [-0.2, -0.15) is 4.31 Å². The lowest BCUT2D eigenvalue weighted by Gasteiger charge is -2.27. The third kappa shape index (κ3) is 3.27. The lowest BCUT2D eigenvalue weighted by molar-refractivity contribution is 0.322. The zero-order chi connectivity index (χ0) is 14.6. The van der Waals surface area contributed by atoms with Gasteiger partial charge in [-0.25, -0.2) is 13.4 Å². The molecule has 0 aliphatic heterocycles. The van der Waals surface area contributed by atoms with Crippen molar-refractivity contribution in [2.24, 2.45) is 7.05 Å². The molecule has 1 aromatic rings. The van der Waals surface area contributed by atoms with Gasteiger partial charge in [0.05, 0.1) is 6.33 Å². The number of aryl methyl sites for hydroxylation is 1. The molecule has 1 aromatic heterocycles. The molecule has 0 fully saturated rings. The van der Waals surface area contributed by atoms with Gasteiger partial charge in [-0.15, -0.1) is 0 Å². The van der Waals surface area contributed by atoms with E-state index < -0.39 is 10.0 Å². The van der Waals surface area contributed by atoms with Crippen LogP contribution in [0.15, 0.2) is 11.4 Å². The molecule has 6 nitrogen and oxygen atoms in total. The molecule has 0 saturated carbocycles. The fraction of sp³-hybridized carbons (Fsp3) is 0.750. The lowest BCUT2D eigenvalue weighted by atomic mass is 10.2. The van der Waals surface area contributed by atoms with Crippen LogP contribution in [-0.4, -0.2) is 34.9 Å². The molecule has 1 heterocycles. The van der Waals surface area contributed by atoms with E-state index in [1.807, 2.05) is 20.8 Å². The third-order valence-corrected chi connectivity index (χ3v) is 5.42. The smallest absolute Gasteiger partial charge is 0.262 e. The standard InChI is InChI=1S/C12H24N4O2S/c1-5-7-8-16(10(3)6-2)19(17,18)12-11(13)14-9-15(12)4/h9-10H,5-8,13H2,1-4H3. The van der Waals surface area contributed by atoms with E-state index in [1.165, 1.54) is 15.2 Å². The predicted molar refractivity (Wildman–Crippen MR) is 76.2 cm³/mol. The van der Waals surface area contributed by atoms with Crippen LogP contribution in [-0.2, 0) is 17.1 Å². The molecule has 1 atom stereocenters. The largest absolute Gasteiger partial charge is 0.381 e. The van der Waals surface area contributed by atoms with Crippen molar-refractivity contribution >= 4 is 15.8 Å². The van der Waals surface area contributed by atoms with Gasteiger partial charge in [0, 0.05) is 19.6 Å². The summed E-state index contributed by atoms with van der Waals surface area (Å²) in [6, 6.07) is -0.0501. The number of imidazole rings is 1. The molecule has 0 radical (unpaired) electrons. The summed E-state index contributed by atoms with van der Waals surface area (Å²) in [6.07, 6.45) is 3.97. The lowest BCUT2D eigenvalue weighted by Crippen LogP contribution is -2.40. The molecular weight excluding hydrogens is 264 g/mol. The number of unbranched alkanes of at least 4 members (excludes halogenated alkanes) is 1. The molecule has 19 heavy (non-hydrogen) atoms. The second-order valence-electron chi connectivity index (χ2n) is 4.77. The summed E-state index contributed by atoms with van der Waals surface area (Å²) < 4.78 is 28.4. The normalized spacial score (nSPS) is 13.9. The van der Waals surface area contributed by atoms with Crippen molar-refractivity contribution in [2.75, 3.05) is 12.3 Å². The van der Waals surface area contributed by atoms with Crippen LogP contribution in [0, 0.1) is 0 Å². The molecule has 7 heteroatoms. The van der Waals surface area contributed by atoms with Gasteiger partial charge in [-0.3, -0.25) is 0 Å². The summed E-state index contributed by atoms with van der Waals surface area (Å²) in [5, 5.41) is 0.0869. The fourth-order valence-corrected chi connectivity index (χ4v) is 3.90. The highest BCUT2D eigenvalue weighted by Crippen LogP contribution is 2.23. The van der Waals surface area contributed by atoms with E-state index in [2.05, 4.69) is 4.98 Å². The first-order valence-corrected chi connectivity index (χ1v) is 8.08. The number of sulfonamides is 1. The number of anilines is 1. The van der Waals surface area contributed by atoms with Gasteiger partial charge < -0.3 is 10.3 Å². The molecule has 0 bridgehead atoms. The minimum atomic E-state index is -3.59. The first kappa shape index (κ1) is 16.0. The van der Waals surface area contributed by atoms with Crippen molar-refractivity contribution in [3.8, 4) is 0 Å². The summed E-state index contributed by atoms with van der Waals surface area (Å²) in [6.45, 7) is 6.45. The topological polar surface area (TPSA) is 81.2 Å². The van der Waals surface area contributed by atoms with Gasteiger partial charge in [0.1, 0.15) is 0 Å². The van der Waals surface area contributed by atoms with E-state index in [0.29, 0.717) is 6.54 Å². The Kier molecular flexibility index (Phi) is 5.37. The van der Waals surface area contributed by atoms with Crippen LogP contribution in [0.25, 0.3) is 0 Å². The number of rotatable bonds is 7. The molecule has 1 unspecified atom stereocenters. The molecule has 0 amide bonds. The average Bonchev–Trinajstić information content (AvgIpc) is 2.69. The summed E-state index contributed by atoms with van der Waals surface area (Å²) in [4.78, 5) is 3.87. The first-order valence-electron chi connectivity index (χ1n) is 6.64. The Morgan fingerprint density at radius 3 is 2.53 bits per heavy atom. The second-order valence-corrected chi connectivity index (χ2v) is 6.58. The summed E-state index contributed by atoms with van der Waals surface area (Å²) >= 11 is 0. The van der Waals surface area contributed by atoms with E-state index in [0.717, 1.165) is 19.3 Å². The average molecular weight is 288 g/mol. The van der Waals surface area contributed by atoms with E-state index in [1.54, 1.807) is 7.05 Å². The van der Waals surface area contributed by atoms with Gasteiger partial charge in [0.15, 0.2) is 10.8 Å². The van der Waals surface area contributed by atoms with Crippen molar-refractivity contribution in [2.45, 2.75) is 51.1 Å². The Morgan fingerprint density at radius 2 is 2.11 bits per heavy atom. The maximum absolute atomic E-state index is 12.7. The Bertz CT molecular complexity index is 490. The number of nitrogens with zero attached hydrogens (tertiary/aromatic N) is 3. The molecule has 0 aromatic carbocycles. The molecule has 0 saturated heterocycles. The summed E-state index contributed by atoms with van der Waals surface area (Å²) in [7, 11) is -1.95. The van der Waals surface area contributed by atoms with Gasteiger partial charge in [0.25, 0.3) is 10.0 Å². The maximum Gasteiger partial charge on any atom is 0.262 e. The number of aromatic nitrogens is 2. The van der Waals surface area contributed by atoms with Crippen LogP contribution in [0.2, 0.25) is 0 Å². The van der Waals surface area contributed by atoms with Crippen LogP contribution >= 0.6 is 0 Å². The van der Waals surface area contributed by atoms with E-state index in [-0.39, 0.29) is 16.9 Å². The van der Waals surface area contributed by atoms with Crippen molar-refractivity contribution < 1.29 is 8.42 Å². The minimum absolute atomic E-state index is 0.0501. The van der Waals surface area contributed by atoms with E-state index in [4.69, 9.17) is 5.73 Å². The quantitative estimate of drug-likeness (QED) is 0.826. The summed E-state index contributed by atoms with van der Waals surface area (Å²) in [5.41, 5.74) is 5.70. The van der Waals surface area contributed by atoms with E-state index in [9.17, 15) is 8.42 Å². The maximum atomic E-state index is 12.7. The van der Waals surface area contributed by atoms with Crippen LogP contribution in [0.1, 0.15) is 40.0 Å². The molecule has 0 aliphatic carbocycles. The van der Waals surface area contributed by atoms with Gasteiger partial charge in [-0.1, -0.05) is 20.3 Å². The van der Waals surface area contributed by atoms with Crippen molar-refractivity contribution in [1.29, 1.82) is 0 Å². The Labute approximate surface area is 115 Å². The zero-order valence-electron chi connectivity index (χ0n) is 12.1. The SMILES string of the molecule is CCCCN(C(C)CC)S(=O)(=O)c1c(N)ncn1C. The molecular formula is C12H24N4O2S. The minimum Gasteiger partial charge on any atom is -0.381 e. The zero-order valence-corrected chi connectivity index (χ0v) is 12.9. The summed E-state index contributed by atoms with van der Waals surface area (Å²) in [5.74, 6) is 0.0623. The van der Waals surface area contributed by atoms with Crippen molar-refractivity contribution in [3.63, 3.8) is 0 Å². The van der Waals surface area contributed by atoms with Crippen LogP contribution in [0.3, 0.4) is 0 Å². The number of hydrogen-bond donors (Lipinski definition) is 1. The molecule has 1 rings (SSSR count). The van der Waals surface area contributed by atoms with Crippen LogP contribution in [0.5, 0.6) is 0 Å². The highest BCUT2D eigenvalue weighted by atomic mass is 32.2. The van der Waals surface area contributed by atoms with Gasteiger partial charge in [0.2, 0.25) is 0 Å². The molecule has 2 N–H and O–H groups in total. The highest BCUT2D eigenvalue weighted by molar-refractivity contribution is 7.89. The fourth-order valence-electron chi connectivity index (χ4n) is 1.96. The monoisotopic (exact) mass is 288 g/mol. The molecule has 0 aliphatic rings.